The van der Waals surface area contributed by atoms with E-state index in [-0.39, 0.29) is 0 Å². The maximum atomic E-state index is 3.33. The molecule has 2 heteroatoms. The molecule has 0 rings (SSSR count). The van der Waals surface area contributed by atoms with Gasteiger partial charge in [0.1, 0.15) is 0 Å². The maximum Gasteiger partial charge on any atom is 0.0128 e. The van der Waals surface area contributed by atoms with Gasteiger partial charge in [0, 0.05) is 13.1 Å². The van der Waals surface area contributed by atoms with Crippen LogP contribution in [-0.2, 0) is 0 Å². The lowest BCUT2D eigenvalue weighted by molar-refractivity contribution is 0.385. The molecule has 0 aliphatic carbocycles. The summed E-state index contributed by atoms with van der Waals surface area (Å²) >= 11 is 0. The summed E-state index contributed by atoms with van der Waals surface area (Å²) in [6.07, 6.45) is 7.88. The lowest BCUT2D eigenvalue weighted by Gasteiger charge is -2.15. The monoisotopic (exact) mass is 200 g/mol. The normalized spacial score (nSPS) is 13.1. The molecule has 2 N–H and O–H groups in total. The largest absolute Gasteiger partial charge is 0.258 e. The molecular weight excluding hydrogens is 172 g/mol. The van der Waals surface area contributed by atoms with E-state index in [4.69, 9.17) is 0 Å². The van der Waals surface area contributed by atoms with Crippen molar-refractivity contribution >= 4 is 0 Å². The maximum absolute atomic E-state index is 3.33. The summed E-state index contributed by atoms with van der Waals surface area (Å²) < 4.78 is 0. The fourth-order valence-corrected chi connectivity index (χ4v) is 1.51. The minimum atomic E-state index is 0.851. The van der Waals surface area contributed by atoms with Crippen LogP contribution < -0.4 is 10.9 Å². The van der Waals surface area contributed by atoms with Gasteiger partial charge >= 0.3 is 0 Å². The van der Waals surface area contributed by atoms with E-state index in [1.54, 1.807) is 0 Å². The van der Waals surface area contributed by atoms with Crippen LogP contribution in [0, 0.1) is 5.92 Å². The average Bonchev–Trinajstić information content (AvgIpc) is 2.22. The van der Waals surface area contributed by atoms with Crippen LogP contribution in [0.15, 0.2) is 0 Å². The quantitative estimate of drug-likeness (QED) is 0.418. The Balaban J connectivity index is 3.24. The summed E-state index contributed by atoms with van der Waals surface area (Å²) in [7, 11) is 0. The molecule has 14 heavy (non-hydrogen) atoms. The van der Waals surface area contributed by atoms with Gasteiger partial charge in [-0.2, -0.15) is 0 Å². The summed E-state index contributed by atoms with van der Waals surface area (Å²) in [5.41, 5.74) is 6.61. The molecule has 0 fully saturated rings. The number of hydrogen-bond donors (Lipinski definition) is 2. The summed E-state index contributed by atoms with van der Waals surface area (Å²) in [4.78, 5) is 0. The Morgan fingerprint density at radius 3 is 2.21 bits per heavy atom. The van der Waals surface area contributed by atoms with Gasteiger partial charge in [0.05, 0.1) is 0 Å². The van der Waals surface area contributed by atoms with Gasteiger partial charge in [-0.05, 0) is 18.8 Å². The highest BCUT2D eigenvalue weighted by atomic mass is 15.3. The Bertz CT molecular complexity index is 104. The molecule has 1 unspecified atom stereocenters. The zero-order chi connectivity index (χ0) is 10.6. The van der Waals surface area contributed by atoms with Crippen molar-refractivity contribution in [3.05, 3.63) is 0 Å². The lowest BCUT2D eigenvalue weighted by atomic mass is 10.00. The number of rotatable bonds is 10. The van der Waals surface area contributed by atoms with Gasteiger partial charge in [-0.15, -0.1) is 0 Å². The molecule has 0 radical (unpaired) electrons. The van der Waals surface area contributed by atoms with Crippen LogP contribution in [0.2, 0.25) is 0 Å². The van der Waals surface area contributed by atoms with E-state index in [0.29, 0.717) is 0 Å². The second-order valence-electron chi connectivity index (χ2n) is 4.08. The summed E-state index contributed by atoms with van der Waals surface area (Å²) in [5, 5.41) is 0. The highest BCUT2D eigenvalue weighted by Crippen LogP contribution is 2.10. The van der Waals surface area contributed by atoms with Crippen LogP contribution >= 0.6 is 0 Å². The van der Waals surface area contributed by atoms with Crippen molar-refractivity contribution in [1.82, 2.24) is 10.9 Å². The standard InChI is InChI=1S/C12H28N2/c1-4-7-9-12(6-3)11-14-13-10-8-5-2/h12-14H,4-11H2,1-3H3. The Morgan fingerprint density at radius 2 is 1.64 bits per heavy atom. The van der Waals surface area contributed by atoms with Crippen LogP contribution in [-0.4, -0.2) is 13.1 Å². The minimum absolute atomic E-state index is 0.851. The smallest absolute Gasteiger partial charge is 0.0128 e. The minimum Gasteiger partial charge on any atom is -0.258 e. The van der Waals surface area contributed by atoms with Crippen molar-refractivity contribution in [1.29, 1.82) is 0 Å². The molecule has 0 aliphatic heterocycles. The predicted molar refractivity (Wildman–Crippen MR) is 64.2 cm³/mol. The van der Waals surface area contributed by atoms with Crippen molar-refractivity contribution in [2.24, 2.45) is 5.92 Å². The predicted octanol–water partition coefficient (Wildman–Crippen LogP) is 3.10. The highest BCUT2D eigenvalue weighted by Gasteiger charge is 2.03. The van der Waals surface area contributed by atoms with Gasteiger partial charge in [-0.25, -0.2) is 0 Å². The molecule has 2 nitrogen and oxygen atoms in total. The second-order valence-corrected chi connectivity index (χ2v) is 4.08. The SMILES string of the molecule is CCCCNNCC(CC)CCCC. The van der Waals surface area contributed by atoms with Crippen molar-refractivity contribution in [3.8, 4) is 0 Å². The number of unbranched alkanes of at least 4 members (excludes halogenated alkanes) is 2. The van der Waals surface area contributed by atoms with Crippen LogP contribution in [0.3, 0.4) is 0 Å². The van der Waals surface area contributed by atoms with E-state index < -0.39 is 0 Å². The van der Waals surface area contributed by atoms with Crippen LogP contribution in [0.5, 0.6) is 0 Å². The van der Waals surface area contributed by atoms with E-state index in [0.717, 1.165) is 19.0 Å². The first-order chi connectivity index (χ1) is 6.85. The molecular formula is C12H28N2. The zero-order valence-corrected chi connectivity index (χ0v) is 10.2. The van der Waals surface area contributed by atoms with E-state index in [1.165, 1.54) is 38.5 Å². The molecule has 86 valence electrons. The Kier molecular flexibility index (Phi) is 10.9. The van der Waals surface area contributed by atoms with Gasteiger partial charge in [0.15, 0.2) is 0 Å². The first-order valence-electron chi connectivity index (χ1n) is 6.30. The molecule has 0 aromatic carbocycles. The molecule has 0 heterocycles. The van der Waals surface area contributed by atoms with Gasteiger partial charge < -0.3 is 0 Å². The third-order valence-electron chi connectivity index (χ3n) is 2.71. The summed E-state index contributed by atoms with van der Waals surface area (Å²) in [6, 6.07) is 0. The first kappa shape index (κ1) is 13.9. The van der Waals surface area contributed by atoms with Gasteiger partial charge in [-0.1, -0.05) is 46.5 Å². The Morgan fingerprint density at radius 1 is 0.929 bits per heavy atom. The average molecular weight is 200 g/mol. The summed E-state index contributed by atoms with van der Waals surface area (Å²) in [5.74, 6) is 0.851. The van der Waals surface area contributed by atoms with E-state index in [2.05, 4.69) is 31.6 Å². The molecule has 0 aromatic rings. The topological polar surface area (TPSA) is 24.1 Å². The van der Waals surface area contributed by atoms with E-state index >= 15 is 0 Å². The lowest BCUT2D eigenvalue weighted by Crippen LogP contribution is -2.36. The summed E-state index contributed by atoms with van der Waals surface area (Å²) in [6.45, 7) is 8.99. The van der Waals surface area contributed by atoms with Crippen molar-refractivity contribution in [3.63, 3.8) is 0 Å². The molecule has 0 saturated heterocycles. The molecule has 0 bridgehead atoms. The van der Waals surface area contributed by atoms with Gasteiger partial charge in [0.2, 0.25) is 0 Å². The van der Waals surface area contributed by atoms with E-state index in [9.17, 15) is 0 Å². The Labute approximate surface area is 89.8 Å². The molecule has 0 saturated carbocycles. The molecule has 1 atom stereocenters. The molecule has 0 amide bonds. The van der Waals surface area contributed by atoms with Gasteiger partial charge in [0.25, 0.3) is 0 Å². The van der Waals surface area contributed by atoms with Crippen molar-refractivity contribution in [2.75, 3.05) is 13.1 Å². The van der Waals surface area contributed by atoms with Gasteiger partial charge in [-0.3, -0.25) is 10.9 Å². The second kappa shape index (κ2) is 11.0. The van der Waals surface area contributed by atoms with E-state index in [1.807, 2.05) is 0 Å². The van der Waals surface area contributed by atoms with Crippen LogP contribution in [0.25, 0.3) is 0 Å². The fraction of sp³-hybridized carbons (Fsp3) is 1.00. The molecule has 0 spiro atoms. The van der Waals surface area contributed by atoms with Crippen molar-refractivity contribution in [2.45, 2.75) is 59.3 Å². The third kappa shape index (κ3) is 8.52. The molecule has 0 aliphatic rings. The fourth-order valence-electron chi connectivity index (χ4n) is 1.51. The van der Waals surface area contributed by atoms with Crippen molar-refractivity contribution < 1.29 is 0 Å². The Hall–Kier alpha value is -0.0800. The number of hydrazine groups is 1. The highest BCUT2D eigenvalue weighted by molar-refractivity contribution is 4.59. The number of nitrogens with one attached hydrogen (secondary N) is 2. The zero-order valence-electron chi connectivity index (χ0n) is 10.2. The third-order valence-corrected chi connectivity index (χ3v) is 2.71. The van der Waals surface area contributed by atoms with Crippen LogP contribution in [0.1, 0.15) is 59.3 Å². The number of hydrogen-bond acceptors (Lipinski definition) is 2. The van der Waals surface area contributed by atoms with Crippen LogP contribution in [0.4, 0.5) is 0 Å². The molecule has 0 aromatic heterocycles. The first-order valence-corrected chi connectivity index (χ1v) is 6.30.